The molecule has 82 valence electrons. The molecule has 0 saturated heterocycles. The quantitative estimate of drug-likeness (QED) is 0.743. The molecule has 0 aromatic heterocycles. The maximum atomic E-state index is 11.2. The van der Waals surface area contributed by atoms with Crippen molar-refractivity contribution in [2.24, 2.45) is 0 Å². The molecule has 4 nitrogen and oxygen atoms in total. The fourth-order valence-corrected chi connectivity index (χ4v) is 1.05. The molecule has 1 aromatic carbocycles. The van der Waals surface area contributed by atoms with E-state index in [9.17, 15) is 4.79 Å². The summed E-state index contributed by atoms with van der Waals surface area (Å²) in [5.74, 6) is -0.284. The summed E-state index contributed by atoms with van der Waals surface area (Å²) in [7, 11) is 1.39. The van der Waals surface area contributed by atoms with E-state index in [0.29, 0.717) is 6.61 Å². The van der Waals surface area contributed by atoms with E-state index in [4.69, 9.17) is 4.74 Å². The van der Waals surface area contributed by atoms with Crippen molar-refractivity contribution in [1.29, 1.82) is 0 Å². The van der Waals surface area contributed by atoms with Gasteiger partial charge in [0.05, 0.1) is 13.7 Å². The molecule has 15 heavy (non-hydrogen) atoms. The number of hydroxylamine groups is 1. The number of carbonyl (C=O) groups excluding carboxylic acids is 1. The normalized spacial score (nSPS) is 12.1. The second-order valence-electron chi connectivity index (χ2n) is 3.11. The Labute approximate surface area is 89.1 Å². The average Bonchev–Trinajstić information content (AvgIpc) is 2.27. The molecule has 0 bridgehead atoms. The van der Waals surface area contributed by atoms with Gasteiger partial charge in [0, 0.05) is 0 Å². The predicted octanol–water partition coefficient (Wildman–Crippen LogP) is 1.27. The molecule has 1 amide bonds. The monoisotopic (exact) mass is 209 g/mol. The van der Waals surface area contributed by atoms with E-state index in [-0.39, 0.29) is 5.91 Å². The molecule has 1 atom stereocenters. The van der Waals surface area contributed by atoms with Crippen LogP contribution in [0.4, 0.5) is 0 Å². The number of ether oxygens (including phenoxy) is 1. The molecule has 1 aromatic rings. The molecular formula is C11H15NO3. The van der Waals surface area contributed by atoms with Gasteiger partial charge in [0.15, 0.2) is 0 Å². The summed E-state index contributed by atoms with van der Waals surface area (Å²) in [5.41, 5.74) is 3.25. The summed E-state index contributed by atoms with van der Waals surface area (Å²) in [6, 6.07) is 9.68. The minimum atomic E-state index is -0.523. The van der Waals surface area contributed by atoms with E-state index in [1.807, 2.05) is 30.3 Å². The Hall–Kier alpha value is -1.39. The minimum absolute atomic E-state index is 0.284. The molecule has 0 aliphatic carbocycles. The van der Waals surface area contributed by atoms with Crippen LogP contribution in [0.5, 0.6) is 0 Å². The van der Waals surface area contributed by atoms with Gasteiger partial charge in [-0.25, -0.2) is 5.48 Å². The van der Waals surface area contributed by atoms with Crippen LogP contribution in [-0.2, 0) is 21.0 Å². The fourth-order valence-electron chi connectivity index (χ4n) is 1.05. The molecule has 4 heteroatoms. The van der Waals surface area contributed by atoms with Crippen molar-refractivity contribution < 1.29 is 14.4 Å². The van der Waals surface area contributed by atoms with E-state index in [2.05, 4.69) is 10.3 Å². The Morgan fingerprint density at radius 3 is 2.67 bits per heavy atom. The molecule has 0 spiro atoms. The summed E-state index contributed by atoms with van der Waals surface area (Å²) in [5, 5.41) is 0. The Bertz CT molecular complexity index is 300. The van der Waals surface area contributed by atoms with Crippen molar-refractivity contribution in [2.75, 3.05) is 7.11 Å². The van der Waals surface area contributed by atoms with Gasteiger partial charge < -0.3 is 4.74 Å². The molecule has 0 fully saturated rings. The minimum Gasteiger partial charge on any atom is -0.364 e. The van der Waals surface area contributed by atoms with Crippen molar-refractivity contribution in [3.8, 4) is 0 Å². The molecule has 0 heterocycles. The summed E-state index contributed by atoms with van der Waals surface area (Å²) in [6.07, 6.45) is -0.523. The zero-order valence-corrected chi connectivity index (χ0v) is 8.90. The summed E-state index contributed by atoms with van der Waals surface area (Å²) < 4.78 is 5.35. The van der Waals surface area contributed by atoms with Gasteiger partial charge in [-0.3, -0.25) is 9.63 Å². The molecule has 0 saturated carbocycles. The van der Waals surface area contributed by atoms with Crippen LogP contribution < -0.4 is 5.48 Å². The van der Waals surface area contributed by atoms with Crippen LogP contribution in [0.3, 0.4) is 0 Å². The Morgan fingerprint density at radius 1 is 1.40 bits per heavy atom. The lowest BCUT2D eigenvalue weighted by molar-refractivity contribution is -0.143. The Morgan fingerprint density at radius 2 is 2.07 bits per heavy atom. The van der Waals surface area contributed by atoms with Gasteiger partial charge in [-0.1, -0.05) is 30.3 Å². The SMILES string of the molecule is CONC(=O)C(C)OCc1ccccc1. The average molecular weight is 209 g/mol. The van der Waals surface area contributed by atoms with Crippen LogP contribution in [0, 0.1) is 0 Å². The first-order valence-corrected chi connectivity index (χ1v) is 4.72. The first kappa shape index (κ1) is 11.7. The van der Waals surface area contributed by atoms with Crippen molar-refractivity contribution >= 4 is 5.91 Å². The topological polar surface area (TPSA) is 47.6 Å². The summed E-state index contributed by atoms with van der Waals surface area (Å²) in [4.78, 5) is 15.7. The van der Waals surface area contributed by atoms with E-state index >= 15 is 0 Å². The highest BCUT2D eigenvalue weighted by molar-refractivity contribution is 5.79. The van der Waals surface area contributed by atoms with Crippen LogP contribution >= 0.6 is 0 Å². The maximum absolute atomic E-state index is 11.2. The molecule has 0 aliphatic rings. The van der Waals surface area contributed by atoms with Gasteiger partial charge in [0.2, 0.25) is 0 Å². The summed E-state index contributed by atoms with van der Waals surface area (Å²) >= 11 is 0. The second-order valence-corrected chi connectivity index (χ2v) is 3.11. The van der Waals surface area contributed by atoms with Gasteiger partial charge in [-0.2, -0.15) is 0 Å². The number of nitrogens with one attached hydrogen (secondary N) is 1. The van der Waals surface area contributed by atoms with Crippen LogP contribution in [0.1, 0.15) is 12.5 Å². The number of hydrogen-bond donors (Lipinski definition) is 1. The zero-order valence-electron chi connectivity index (χ0n) is 8.90. The molecular weight excluding hydrogens is 194 g/mol. The molecule has 1 unspecified atom stereocenters. The van der Waals surface area contributed by atoms with Gasteiger partial charge in [0.25, 0.3) is 5.91 Å². The van der Waals surface area contributed by atoms with E-state index in [0.717, 1.165) is 5.56 Å². The van der Waals surface area contributed by atoms with Gasteiger partial charge >= 0.3 is 0 Å². The highest BCUT2D eigenvalue weighted by Crippen LogP contribution is 2.03. The maximum Gasteiger partial charge on any atom is 0.272 e. The number of rotatable bonds is 5. The van der Waals surface area contributed by atoms with E-state index in [1.54, 1.807) is 6.92 Å². The summed E-state index contributed by atoms with van der Waals surface area (Å²) in [6.45, 7) is 2.09. The Balaban J connectivity index is 2.34. The molecule has 0 radical (unpaired) electrons. The van der Waals surface area contributed by atoms with Crippen molar-refractivity contribution in [3.63, 3.8) is 0 Å². The third-order valence-electron chi connectivity index (χ3n) is 1.91. The molecule has 1 rings (SSSR count). The van der Waals surface area contributed by atoms with Crippen LogP contribution in [-0.4, -0.2) is 19.1 Å². The van der Waals surface area contributed by atoms with Gasteiger partial charge in [-0.05, 0) is 12.5 Å². The fraction of sp³-hybridized carbons (Fsp3) is 0.364. The van der Waals surface area contributed by atoms with Crippen molar-refractivity contribution in [2.45, 2.75) is 19.6 Å². The molecule has 0 aliphatic heterocycles. The third-order valence-corrected chi connectivity index (χ3v) is 1.91. The van der Waals surface area contributed by atoms with Crippen LogP contribution in [0.25, 0.3) is 0 Å². The molecule has 1 N–H and O–H groups in total. The van der Waals surface area contributed by atoms with Gasteiger partial charge in [0.1, 0.15) is 6.10 Å². The van der Waals surface area contributed by atoms with Crippen LogP contribution in [0.2, 0.25) is 0 Å². The number of amides is 1. The zero-order chi connectivity index (χ0) is 11.1. The van der Waals surface area contributed by atoms with Crippen molar-refractivity contribution in [3.05, 3.63) is 35.9 Å². The van der Waals surface area contributed by atoms with Crippen LogP contribution in [0.15, 0.2) is 30.3 Å². The first-order chi connectivity index (χ1) is 7.24. The standard InChI is InChI=1S/C11H15NO3/c1-9(11(13)12-14-2)15-8-10-6-4-3-5-7-10/h3-7,9H,8H2,1-2H3,(H,12,13). The number of hydrogen-bond acceptors (Lipinski definition) is 3. The van der Waals surface area contributed by atoms with Gasteiger partial charge in [-0.15, -0.1) is 0 Å². The van der Waals surface area contributed by atoms with Crippen molar-refractivity contribution in [1.82, 2.24) is 5.48 Å². The van der Waals surface area contributed by atoms with E-state index < -0.39 is 6.10 Å². The highest BCUT2D eigenvalue weighted by Gasteiger charge is 2.12. The first-order valence-electron chi connectivity index (χ1n) is 4.72. The Kier molecular flexibility index (Phi) is 4.80. The predicted molar refractivity (Wildman–Crippen MR) is 55.8 cm³/mol. The lowest BCUT2D eigenvalue weighted by Gasteiger charge is -2.11. The number of benzene rings is 1. The second kappa shape index (κ2) is 6.16. The largest absolute Gasteiger partial charge is 0.364 e. The lowest BCUT2D eigenvalue weighted by atomic mass is 10.2. The smallest absolute Gasteiger partial charge is 0.272 e. The lowest BCUT2D eigenvalue weighted by Crippen LogP contribution is -2.33. The number of carbonyl (C=O) groups is 1. The van der Waals surface area contributed by atoms with E-state index in [1.165, 1.54) is 7.11 Å². The third kappa shape index (κ3) is 4.10. The highest BCUT2D eigenvalue weighted by atomic mass is 16.6.